The first kappa shape index (κ1) is 14.2. The molecule has 0 aromatic heterocycles. The van der Waals surface area contributed by atoms with E-state index in [1.807, 2.05) is 12.1 Å². The van der Waals surface area contributed by atoms with Crippen LogP contribution in [0.15, 0.2) is 12.1 Å². The topological polar surface area (TPSA) is 30.5 Å². The van der Waals surface area contributed by atoms with Gasteiger partial charge in [0, 0.05) is 11.1 Å². The van der Waals surface area contributed by atoms with Gasteiger partial charge < -0.3 is 14.8 Å². The fraction of sp³-hybridized carbons (Fsp3) is 0.625. The van der Waals surface area contributed by atoms with Gasteiger partial charge in [0.2, 0.25) is 0 Å². The number of rotatable bonds is 4. The predicted octanol–water partition coefficient (Wildman–Crippen LogP) is 3.29. The molecular formula is C16H25NO2. The molecule has 3 nitrogen and oxygen atoms in total. The van der Waals surface area contributed by atoms with E-state index in [1.165, 1.54) is 24.0 Å². The van der Waals surface area contributed by atoms with E-state index in [-0.39, 0.29) is 0 Å². The van der Waals surface area contributed by atoms with Gasteiger partial charge in [0.05, 0.1) is 14.2 Å². The lowest BCUT2D eigenvalue weighted by Crippen LogP contribution is -2.27. The van der Waals surface area contributed by atoms with Crippen molar-refractivity contribution in [3.05, 3.63) is 23.3 Å². The molecule has 1 aromatic rings. The maximum atomic E-state index is 5.61. The fourth-order valence-electron chi connectivity index (χ4n) is 3.08. The molecular weight excluding hydrogens is 238 g/mol. The summed E-state index contributed by atoms with van der Waals surface area (Å²) < 4.78 is 11.2. The van der Waals surface area contributed by atoms with E-state index in [0.717, 1.165) is 24.6 Å². The number of nitrogens with one attached hydrogen (secondary N) is 1. The summed E-state index contributed by atoms with van der Waals surface area (Å²) in [6.07, 6.45) is 2.34. The Morgan fingerprint density at radius 2 is 1.63 bits per heavy atom. The minimum atomic E-state index is 0.440. The van der Waals surface area contributed by atoms with Crippen LogP contribution < -0.4 is 14.8 Å². The van der Waals surface area contributed by atoms with Crippen LogP contribution >= 0.6 is 0 Å². The Kier molecular flexibility index (Phi) is 4.70. The highest BCUT2D eigenvalue weighted by atomic mass is 16.5. The van der Waals surface area contributed by atoms with Gasteiger partial charge in [-0.3, -0.25) is 0 Å². The highest BCUT2D eigenvalue weighted by Crippen LogP contribution is 2.42. The standard InChI is InChI=1S/C16H25NO2/c1-11(2)15-13(18-3)5-6-14(19-4)16(15)12-7-9-17-10-8-12/h5-6,11-12,17H,7-10H2,1-4H3. The van der Waals surface area contributed by atoms with Crippen LogP contribution in [0.3, 0.4) is 0 Å². The first-order valence-electron chi connectivity index (χ1n) is 7.14. The normalized spacial score (nSPS) is 16.7. The van der Waals surface area contributed by atoms with Crippen LogP contribution in [0.2, 0.25) is 0 Å². The van der Waals surface area contributed by atoms with Crippen molar-refractivity contribution in [1.82, 2.24) is 5.32 Å². The number of hydrogen-bond acceptors (Lipinski definition) is 3. The summed E-state index contributed by atoms with van der Waals surface area (Å²) >= 11 is 0. The highest BCUT2D eigenvalue weighted by molar-refractivity contribution is 5.52. The Morgan fingerprint density at radius 1 is 1.05 bits per heavy atom. The highest BCUT2D eigenvalue weighted by Gasteiger charge is 2.25. The van der Waals surface area contributed by atoms with Crippen molar-refractivity contribution in [1.29, 1.82) is 0 Å². The van der Waals surface area contributed by atoms with Crippen molar-refractivity contribution < 1.29 is 9.47 Å². The second kappa shape index (κ2) is 6.29. The monoisotopic (exact) mass is 263 g/mol. The number of benzene rings is 1. The Labute approximate surface area is 116 Å². The van der Waals surface area contributed by atoms with Gasteiger partial charge in [-0.15, -0.1) is 0 Å². The van der Waals surface area contributed by atoms with Crippen LogP contribution in [0, 0.1) is 0 Å². The maximum Gasteiger partial charge on any atom is 0.122 e. The van der Waals surface area contributed by atoms with Crippen LogP contribution in [0.5, 0.6) is 11.5 Å². The molecule has 0 bridgehead atoms. The molecule has 3 heteroatoms. The van der Waals surface area contributed by atoms with Crippen LogP contribution in [0.25, 0.3) is 0 Å². The third-order valence-electron chi connectivity index (χ3n) is 3.97. The van der Waals surface area contributed by atoms with Crippen molar-refractivity contribution in [2.45, 2.75) is 38.5 Å². The summed E-state index contributed by atoms with van der Waals surface area (Å²) in [5.41, 5.74) is 2.67. The van der Waals surface area contributed by atoms with Crippen LogP contribution in [-0.4, -0.2) is 27.3 Å². The van der Waals surface area contributed by atoms with Gasteiger partial charge in [-0.05, 0) is 49.9 Å². The van der Waals surface area contributed by atoms with Crippen LogP contribution in [-0.2, 0) is 0 Å². The number of hydrogen-bond donors (Lipinski definition) is 1. The first-order valence-corrected chi connectivity index (χ1v) is 7.14. The lowest BCUT2D eigenvalue weighted by molar-refractivity contribution is 0.377. The van der Waals surface area contributed by atoms with Crippen LogP contribution in [0.4, 0.5) is 0 Å². The molecule has 19 heavy (non-hydrogen) atoms. The molecule has 106 valence electrons. The number of piperidine rings is 1. The Bertz CT molecular complexity index is 423. The predicted molar refractivity (Wildman–Crippen MR) is 78.5 cm³/mol. The van der Waals surface area contributed by atoms with Crippen molar-refractivity contribution in [3.8, 4) is 11.5 Å². The smallest absolute Gasteiger partial charge is 0.122 e. The molecule has 1 heterocycles. The second-order valence-corrected chi connectivity index (χ2v) is 5.48. The molecule has 2 rings (SSSR count). The molecule has 0 aliphatic carbocycles. The molecule has 0 saturated carbocycles. The third-order valence-corrected chi connectivity index (χ3v) is 3.97. The first-order chi connectivity index (χ1) is 9.19. The molecule has 0 spiro atoms. The average molecular weight is 263 g/mol. The van der Waals surface area contributed by atoms with E-state index in [1.54, 1.807) is 14.2 Å². The van der Waals surface area contributed by atoms with Crippen LogP contribution in [0.1, 0.15) is 49.7 Å². The minimum absolute atomic E-state index is 0.440. The zero-order chi connectivity index (χ0) is 13.8. The van der Waals surface area contributed by atoms with Gasteiger partial charge in [0.15, 0.2) is 0 Å². The van der Waals surface area contributed by atoms with Gasteiger partial charge in [-0.2, -0.15) is 0 Å². The summed E-state index contributed by atoms with van der Waals surface area (Å²) in [5, 5.41) is 3.43. The van der Waals surface area contributed by atoms with Gasteiger partial charge in [-0.25, -0.2) is 0 Å². The SMILES string of the molecule is COc1ccc(OC)c(C2CCNCC2)c1C(C)C. The molecule has 0 unspecified atom stereocenters. The summed E-state index contributed by atoms with van der Waals surface area (Å²) in [7, 11) is 3.51. The molecule has 1 saturated heterocycles. The molecule has 1 aromatic carbocycles. The largest absolute Gasteiger partial charge is 0.496 e. The van der Waals surface area contributed by atoms with E-state index in [0.29, 0.717) is 11.8 Å². The lowest BCUT2D eigenvalue weighted by Gasteiger charge is -2.29. The third kappa shape index (κ3) is 2.86. The molecule has 1 fully saturated rings. The molecule has 0 radical (unpaired) electrons. The molecule has 1 aliphatic rings. The molecule has 0 amide bonds. The summed E-state index contributed by atoms with van der Waals surface area (Å²) in [6.45, 7) is 6.62. The number of ether oxygens (including phenoxy) is 2. The van der Waals surface area contributed by atoms with Gasteiger partial charge in [-0.1, -0.05) is 13.8 Å². The van der Waals surface area contributed by atoms with Crippen molar-refractivity contribution in [2.75, 3.05) is 27.3 Å². The summed E-state index contributed by atoms with van der Waals surface area (Å²) in [5.74, 6) is 3.01. The van der Waals surface area contributed by atoms with Gasteiger partial charge in [0.1, 0.15) is 11.5 Å². The zero-order valence-electron chi connectivity index (χ0n) is 12.5. The van der Waals surface area contributed by atoms with Crippen molar-refractivity contribution >= 4 is 0 Å². The van der Waals surface area contributed by atoms with E-state index >= 15 is 0 Å². The van der Waals surface area contributed by atoms with Gasteiger partial charge in [0.25, 0.3) is 0 Å². The Hall–Kier alpha value is -1.22. The van der Waals surface area contributed by atoms with Gasteiger partial charge >= 0.3 is 0 Å². The maximum absolute atomic E-state index is 5.61. The van der Waals surface area contributed by atoms with E-state index < -0.39 is 0 Å². The zero-order valence-corrected chi connectivity index (χ0v) is 12.5. The van der Waals surface area contributed by atoms with Crippen molar-refractivity contribution in [3.63, 3.8) is 0 Å². The van der Waals surface area contributed by atoms with Crippen molar-refractivity contribution in [2.24, 2.45) is 0 Å². The fourth-order valence-corrected chi connectivity index (χ4v) is 3.08. The summed E-state index contributed by atoms with van der Waals surface area (Å²) in [6, 6.07) is 4.07. The lowest BCUT2D eigenvalue weighted by atomic mass is 9.82. The second-order valence-electron chi connectivity index (χ2n) is 5.48. The van der Waals surface area contributed by atoms with E-state index in [4.69, 9.17) is 9.47 Å². The van der Waals surface area contributed by atoms with E-state index in [9.17, 15) is 0 Å². The molecule has 1 N–H and O–H groups in total. The average Bonchev–Trinajstić information content (AvgIpc) is 2.46. The Balaban J connectivity index is 2.52. The minimum Gasteiger partial charge on any atom is -0.496 e. The molecule has 1 aliphatic heterocycles. The summed E-state index contributed by atoms with van der Waals surface area (Å²) in [4.78, 5) is 0. The molecule has 0 atom stereocenters. The quantitative estimate of drug-likeness (QED) is 0.904. The Morgan fingerprint density at radius 3 is 2.16 bits per heavy atom. The van der Waals surface area contributed by atoms with E-state index in [2.05, 4.69) is 19.2 Å². The number of methoxy groups -OCH3 is 2.